The fraction of sp³-hybridized carbons (Fsp3) is 0.389. The summed E-state index contributed by atoms with van der Waals surface area (Å²) in [6.45, 7) is 5.18. The summed E-state index contributed by atoms with van der Waals surface area (Å²) in [6.07, 6.45) is 3.79. The monoisotopic (exact) mass is 297 g/mol. The maximum Gasteiger partial charge on any atom is 0.0962 e. The quantitative estimate of drug-likeness (QED) is 0.848. The first-order valence-corrected chi connectivity index (χ1v) is 7.82. The number of methoxy groups -OCH3 is 1. The van der Waals surface area contributed by atoms with Crippen molar-refractivity contribution in [3.8, 4) is 0 Å². The zero-order valence-corrected chi connectivity index (χ0v) is 13.1. The van der Waals surface area contributed by atoms with Crippen molar-refractivity contribution in [2.24, 2.45) is 0 Å². The summed E-state index contributed by atoms with van der Waals surface area (Å²) >= 11 is 0. The first kappa shape index (κ1) is 15.0. The van der Waals surface area contributed by atoms with Gasteiger partial charge in [0, 0.05) is 63.5 Å². The molecule has 1 fully saturated rings. The first-order valence-electron chi connectivity index (χ1n) is 7.82. The number of rotatable bonds is 5. The van der Waals surface area contributed by atoms with E-state index in [0.717, 1.165) is 38.3 Å². The van der Waals surface area contributed by atoms with Gasteiger partial charge in [0.1, 0.15) is 0 Å². The molecule has 0 radical (unpaired) electrons. The smallest absolute Gasteiger partial charge is 0.0962 e. The highest BCUT2D eigenvalue weighted by molar-refractivity contribution is 5.46. The summed E-state index contributed by atoms with van der Waals surface area (Å²) < 4.78 is 5.66. The minimum Gasteiger partial charge on any atom is -0.375 e. The van der Waals surface area contributed by atoms with E-state index in [1.165, 1.54) is 5.69 Å². The molecular weight excluding hydrogens is 274 g/mol. The van der Waals surface area contributed by atoms with Crippen LogP contribution in [-0.2, 0) is 4.74 Å². The van der Waals surface area contributed by atoms with Crippen molar-refractivity contribution in [3.05, 3.63) is 60.4 Å². The molecule has 0 amide bonds. The summed E-state index contributed by atoms with van der Waals surface area (Å²) in [7, 11) is 1.78. The second-order valence-electron chi connectivity index (χ2n) is 5.63. The molecule has 4 heteroatoms. The van der Waals surface area contributed by atoms with Crippen LogP contribution in [0.25, 0.3) is 0 Å². The average Bonchev–Trinajstić information content (AvgIpc) is 2.62. The summed E-state index contributed by atoms with van der Waals surface area (Å²) in [6, 6.07) is 14.7. The van der Waals surface area contributed by atoms with Crippen LogP contribution in [0.4, 0.5) is 5.69 Å². The van der Waals surface area contributed by atoms with E-state index in [1.807, 2.05) is 12.3 Å². The van der Waals surface area contributed by atoms with Gasteiger partial charge in [-0.1, -0.05) is 24.3 Å². The number of ether oxygens (including phenoxy) is 1. The molecule has 0 bridgehead atoms. The van der Waals surface area contributed by atoms with Crippen LogP contribution < -0.4 is 4.90 Å². The SMILES string of the molecule is COC(CN1CCN(c2ccccc2)CC1)c1cccnc1. The van der Waals surface area contributed by atoms with E-state index in [4.69, 9.17) is 4.74 Å². The van der Waals surface area contributed by atoms with Crippen LogP contribution in [0.15, 0.2) is 54.9 Å². The molecule has 2 aromatic rings. The van der Waals surface area contributed by atoms with Gasteiger partial charge in [-0.3, -0.25) is 9.88 Å². The lowest BCUT2D eigenvalue weighted by Crippen LogP contribution is -2.47. The molecule has 0 N–H and O–H groups in total. The third-order valence-corrected chi connectivity index (χ3v) is 4.26. The summed E-state index contributed by atoms with van der Waals surface area (Å²) in [5, 5.41) is 0. The van der Waals surface area contributed by atoms with Gasteiger partial charge in [0.25, 0.3) is 0 Å². The zero-order chi connectivity index (χ0) is 15.2. The van der Waals surface area contributed by atoms with Gasteiger partial charge in [-0.15, -0.1) is 0 Å². The molecule has 22 heavy (non-hydrogen) atoms. The molecule has 4 nitrogen and oxygen atoms in total. The van der Waals surface area contributed by atoms with Crippen LogP contribution in [0.2, 0.25) is 0 Å². The lowest BCUT2D eigenvalue weighted by atomic mass is 10.1. The molecule has 1 unspecified atom stereocenters. The Balaban J connectivity index is 1.55. The van der Waals surface area contributed by atoms with Crippen molar-refractivity contribution >= 4 is 5.69 Å². The van der Waals surface area contributed by atoms with Crippen LogP contribution in [0.5, 0.6) is 0 Å². The van der Waals surface area contributed by atoms with E-state index in [-0.39, 0.29) is 6.10 Å². The number of pyridine rings is 1. The van der Waals surface area contributed by atoms with Crippen molar-refractivity contribution in [1.82, 2.24) is 9.88 Å². The predicted molar refractivity (Wildman–Crippen MR) is 89.1 cm³/mol. The third-order valence-electron chi connectivity index (χ3n) is 4.26. The van der Waals surface area contributed by atoms with Crippen molar-refractivity contribution in [2.75, 3.05) is 44.7 Å². The van der Waals surface area contributed by atoms with E-state index in [1.54, 1.807) is 13.3 Å². The highest BCUT2D eigenvalue weighted by atomic mass is 16.5. The highest BCUT2D eigenvalue weighted by Crippen LogP contribution is 2.20. The Morgan fingerprint density at radius 1 is 1.05 bits per heavy atom. The molecule has 1 saturated heterocycles. The van der Waals surface area contributed by atoms with E-state index in [2.05, 4.69) is 51.2 Å². The number of hydrogen-bond acceptors (Lipinski definition) is 4. The van der Waals surface area contributed by atoms with E-state index >= 15 is 0 Å². The third kappa shape index (κ3) is 3.64. The Bertz CT molecular complexity index is 553. The van der Waals surface area contributed by atoms with Gasteiger partial charge < -0.3 is 9.64 Å². The Hall–Kier alpha value is -1.91. The Morgan fingerprint density at radius 3 is 2.45 bits per heavy atom. The number of para-hydroxylation sites is 1. The molecular formula is C18H23N3O. The number of benzene rings is 1. The number of anilines is 1. The van der Waals surface area contributed by atoms with Crippen molar-refractivity contribution in [3.63, 3.8) is 0 Å². The summed E-state index contributed by atoms with van der Waals surface area (Å²) in [5.74, 6) is 0. The number of aromatic nitrogens is 1. The molecule has 1 aromatic carbocycles. The van der Waals surface area contributed by atoms with Gasteiger partial charge in [0.15, 0.2) is 0 Å². The molecule has 116 valence electrons. The zero-order valence-electron chi connectivity index (χ0n) is 13.1. The normalized spacial score (nSPS) is 17.4. The summed E-state index contributed by atoms with van der Waals surface area (Å²) in [4.78, 5) is 9.11. The Kier molecular flexibility index (Phi) is 5.03. The van der Waals surface area contributed by atoms with Crippen LogP contribution in [0.3, 0.4) is 0 Å². The van der Waals surface area contributed by atoms with E-state index < -0.39 is 0 Å². The van der Waals surface area contributed by atoms with E-state index in [9.17, 15) is 0 Å². The molecule has 0 saturated carbocycles. The number of piperazine rings is 1. The minimum atomic E-state index is 0.0944. The molecule has 1 aliphatic heterocycles. The number of hydrogen-bond donors (Lipinski definition) is 0. The molecule has 2 heterocycles. The summed E-state index contributed by atoms with van der Waals surface area (Å²) in [5.41, 5.74) is 2.47. The van der Waals surface area contributed by atoms with Crippen LogP contribution in [0.1, 0.15) is 11.7 Å². The van der Waals surface area contributed by atoms with Gasteiger partial charge >= 0.3 is 0 Å². The molecule has 1 atom stereocenters. The van der Waals surface area contributed by atoms with E-state index in [0.29, 0.717) is 0 Å². The Labute approximate surface area is 132 Å². The predicted octanol–water partition coefficient (Wildman–Crippen LogP) is 2.59. The molecule has 3 rings (SSSR count). The lowest BCUT2D eigenvalue weighted by Gasteiger charge is -2.37. The van der Waals surface area contributed by atoms with Gasteiger partial charge in [0.2, 0.25) is 0 Å². The second kappa shape index (κ2) is 7.38. The molecule has 1 aliphatic rings. The number of nitrogens with zero attached hydrogens (tertiary/aromatic N) is 3. The van der Waals surface area contributed by atoms with Crippen molar-refractivity contribution < 1.29 is 4.74 Å². The van der Waals surface area contributed by atoms with Gasteiger partial charge in [0.05, 0.1) is 6.10 Å². The van der Waals surface area contributed by atoms with Crippen molar-refractivity contribution in [2.45, 2.75) is 6.10 Å². The molecule has 0 spiro atoms. The van der Waals surface area contributed by atoms with Crippen LogP contribution >= 0.6 is 0 Å². The van der Waals surface area contributed by atoms with Crippen LogP contribution in [-0.4, -0.2) is 49.7 Å². The topological polar surface area (TPSA) is 28.6 Å². The standard InChI is InChI=1S/C18H23N3O/c1-22-18(16-6-5-9-19-14-16)15-20-10-12-21(13-11-20)17-7-3-2-4-8-17/h2-9,14,18H,10-13,15H2,1H3. The average molecular weight is 297 g/mol. The molecule has 0 aliphatic carbocycles. The van der Waals surface area contributed by atoms with Gasteiger partial charge in [-0.05, 0) is 18.2 Å². The van der Waals surface area contributed by atoms with Gasteiger partial charge in [-0.2, -0.15) is 0 Å². The highest BCUT2D eigenvalue weighted by Gasteiger charge is 2.21. The molecule has 1 aromatic heterocycles. The first-order chi connectivity index (χ1) is 10.9. The fourth-order valence-electron chi connectivity index (χ4n) is 2.94. The van der Waals surface area contributed by atoms with Gasteiger partial charge in [-0.25, -0.2) is 0 Å². The van der Waals surface area contributed by atoms with Crippen LogP contribution in [0, 0.1) is 0 Å². The maximum atomic E-state index is 5.66. The second-order valence-corrected chi connectivity index (χ2v) is 5.63. The lowest BCUT2D eigenvalue weighted by molar-refractivity contribution is 0.0613. The van der Waals surface area contributed by atoms with Crippen molar-refractivity contribution in [1.29, 1.82) is 0 Å². The maximum absolute atomic E-state index is 5.66. The minimum absolute atomic E-state index is 0.0944. The fourth-order valence-corrected chi connectivity index (χ4v) is 2.94. The Morgan fingerprint density at radius 2 is 1.82 bits per heavy atom. The largest absolute Gasteiger partial charge is 0.375 e.